The summed E-state index contributed by atoms with van der Waals surface area (Å²) in [4.78, 5) is 15.4. The summed E-state index contributed by atoms with van der Waals surface area (Å²) in [5, 5.41) is 2.74. The molecule has 96 valence electrons. The lowest BCUT2D eigenvalue weighted by molar-refractivity contribution is -0.116. The number of nitrogens with zero attached hydrogens (tertiary/aromatic N) is 1. The van der Waals surface area contributed by atoms with Crippen molar-refractivity contribution in [2.45, 2.75) is 38.3 Å². The van der Waals surface area contributed by atoms with Gasteiger partial charge < -0.3 is 10.1 Å². The Hall–Kier alpha value is -1.84. The van der Waals surface area contributed by atoms with E-state index in [1.54, 1.807) is 6.20 Å². The lowest BCUT2D eigenvalue weighted by Crippen LogP contribution is -2.21. The van der Waals surface area contributed by atoms with Gasteiger partial charge >= 0.3 is 0 Å². The van der Waals surface area contributed by atoms with E-state index < -0.39 is 0 Å². The first-order valence-electron chi connectivity index (χ1n) is 6.30. The summed E-state index contributed by atoms with van der Waals surface area (Å²) in [7, 11) is 0. The maximum Gasteiger partial charge on any atom is 0.243 e. The molecule has 0 radical (unpaired) electrons. The van der Waals surface area contributed by atoms with Gasteiger partial charge in [-0.15, -0.1) is 0 Å². The third-order valence-electron chi connectivity index (χ3n) is 3.07. The minimum Gasteiger partial charge on any atom is -0.474 e. The van der Waals surface area contributed by atoms with E-state index in [-0.39, 0.29) is 12.0 Å². The van der Waals surface area contributed by atoms with Crippen LogP contribution in [0.5, 0.6) is 5.88 Å². The second-order valence-corrected chi connectivity index (χ2v) is 4.41. The first-order valence-corrected chi connectivity index (χ1v) is 6.30. The zero-order chi connectivity index (χ0) is 12.8. The molecule has 18 heavy (non-hydrogen) atoms. The molecule has 1 saturated carbocycles. The molecule has 0 aromatic carbocycles. The van der Waals surface area contributed by atoms with E-state index in [1.807, 2.05) is 12.1 Å². The fraction of sp³-hybridized carbons (Fsp3) is 0.429. The summed E-state index contributed by atoms with van der Waals surface area (Å²) in [6, 6.07) is 3.76. The van der Waals surface area contributed by atoms with E-state index in [0.29, 0.717) is 12.4 Å². The van der Waals surface area contributed by atoms with E-state index in [2.05, 4.69) is 16.9 Å². The number of ether oxygens (including phenoxy) is 1. The highest BCUT2D eigenvalue weighted by molar-refractivity contribution is 5.86. The number of nitrogens with one attached hydrogen (secondary N) is 1. The number of hydrogen-bond acceptors (Lipinski definition) is 3. The first kappa shape index (κ1) is 12.6. The second kappa shape index (κ2) is 6.19. The summed E-state index contributed by atoms with van der Waals surface area (Å²) in [6.07, 6.45) is 7.87. The SMILES string of the molecule is C=CC(=O)NCc1cccnc1OC1CCCC1. The number of aromatic nitrogens is 1. The van der Waals surface area contributed by atoms with Gasteiger partial charge in [0.2, 0.25) is 11.8 Å². The van der Waals surface area contributed by atoms with Crippen LogP contribution in [-0.4, -0.2) is 17.0 Å². The Morgan fingerprint density at radius 2 is 2.33 bits per heavy atom. The van der Waals surface area contributed by atoms with Crippen molar-refractivity contribution in [3.05, 3.63) is 36.5 Å². The molecule has 2 rings (SSSR count). The van der Waals surface area contributed by atoms with Crippen LogP contribution in [0.4, 0.5) is 0 Å². The van der Waals surface area contributed by atoms with Crippen LogP contribution in [-0.2, 0) is 11.3 Å². The third-order valence-corrected chi connectivity index (χ3v) is 3.07. The van der Waals surface area contributed by atoms with Crippen molar-refractivity contribution >= 4 is 5.91 Å². The highest BCUT2D eigenvalue weighted by atomic mass is 16.5. The van der Waals surface area contributed by atoms with Crippen LogP contribution in [0.1, 0.15) is 31.2 Å². The Morgan fingerprint density at radius 3 is 3.06 bits per heavy atom. The normalized spacial score (nSPS) is 15.3. The zero-order valence-corrected chi connectivity index (χ0v) is 10.4. The molecule has 0 atom stereocenters. The Labute approximate surface area is 107 Å². The number of pyridine rings is 1. The van der Waals surface area contributed by atoms with Crippen LogP contribution in [0.15, 0.2) is 31.0 Å². The molecule has 0 unspecified atom stereocenters. The fourth-order valence-corrected chi connectivity index (χ4v) is 2.08. The maximum atomic E-state index is 11.2. The molecule has 1 fully saturated rings. The monoisotopic (exact) mass is 246 g/mol. The molecule has 0 bridgehead atoms. The number of carbonyl (C=O) groups is 1. The number of rotatable bonds is 5. The van der Waals surface area contributed by atoms with Crippen molar-refractivity contribution < 1.29 is 9.53 Å². The van der Waals surface area contributed by atoms with Gasteiger partial charge in [-0.25, -0.2) is 4.98 Å². The lowest BCUT2D eigenvalue weighted by atomic mass is 10.2. The average Bonchev–Trinajstić information content (AvgIpc) is 2.90. The van der Waals surface area contributed by atoms with Crippen LogP contribution in [0.25, 0.3) is 0 Å². The predicted molar refractivity (Wildman–Crippen MR) is 69.2 cm³/mol. The van der Waals surface area contributed by atoms with Gasteiger partial charge in [0.15, 0.2) is 0 Å². The van der Waals surface area contributed by atoms with Gasteiger partial charge in [0, 0.05) is 18.3 Å². The molecule has 0 saturated heterocycles. The summed E-state index contributed by atoms with van der Waals surface area (Å²) in [5.74, 6) is 0.444. The van der Waals surface area contributed by atoms with Gasteiger partial charge in [0.25, 0.3) is 0 Å². The van der Waals surface area contributed by atoms with Crippen LogP contribution in [0.3, 0.4) is 0 Å². The highest BCUT2D eigenvalue weighted by Crippen LogP contribution is 2.24. The highest BCUT2D eigenvalue weighted by Gasteiger charge is 2.18. The third kappa shape index (κ3) is 3.32. The summed E-state index contributed by atoms with van der Waals surface area (Å²) in [6.45, 7) is 3.84. The molecular formula is C14H18N2O2. The fourth-order valence-electron chi connectivity index (χ4n) is 2.08. The topological polar surface area (TPSA) is 51.2 Å². The molecule has 1 aromatic rings. The minimum atomic E-state index is -0.189. The molecule has 4 heteroatoms. The van der Waals surface area contributed by atoms with Crippen LogP contribution in [0.2, 0.25) is 0 Å². The number of hydrogen-bond donors (Lipinski definition) is 1. The van der Waals surface area contributed by atoms with Crippen LogP contribution >= 0.6 is 0 Å². The maximum absolute atomic E-state index is 11.2. The average molecular weight is 246 g/mol. The first-order chi connectivity index (χ1) is 8.79. The van der Waals surface area contributed by atoms with E-state index in [4.69, 9.17) is 4.74 Å². The minimum absolute atomic E-state index is 0.189. The molecular weight excluding hydrogens is 228 g/mol. The van der Waals surface area contributed by atoms with Crippen molar-refractivity contribution in [3.8, 4) is 5.88 Å². The zero-order valence-electron chi connectivity index (χ0n) is 10.4. The van der Waals surface area contributed by atoms with Gasteiger partial charge in [-0.3, -0.25) is 4.79 Å². The molecule has 4 nitrogen and oxygen atoms in total. The van der Waals surface area contributed by atoms with Crippen molar-refractivity contribution in [1.29, 1.82) is 0 Å². The smallest absolute Gasteiger partial charge is 0.243 e. The molecule has 1 aromatic heterocycles. The van der Waals surface area contributed by atoms with E-state index in [9.17, 15) is 4.79 Å². The molecule has 1 aliphatic carbocycles. The molecule has 1 heterocycles. The Morgan fingerprint density at radius 1 is 1.56 bits per heavy atom. The van der Waals surface area contributed by atoms with Gasteiger partial charge in [0.05, 0.1) is 0 Å². The van der Waals surface area contributed by atoms with Gasteiger partial charge in [0.1, 0.15) is 6.10 Å². The largest absolute Gasteiger partial charge is 0.474 e. The van der Waals surface area contributed by atoms with Crippen LogP contribution in [0, 0.1) is 0 Å². The van der Waals surface area contributed by atoms with Gasteiger partial charge in [-0.1, -0.05) is 12.6 Å². The van der Waals surface area contributed by atoms with E-state index in [1.165, 1.54) is 18.9 Å². The molecule has 0 spiro atoms. The van der Waals surface area contributed by atoms with Gasteiger partial charge in [-0.2, -0.15) is 0 Å². The van der Waals surface area contributed by atoms with Crippen molar-refractivity contribution in [1.82, 2.24) is 10.3 Å². The molecule has 1 amide bonds. The molecule has 1 aliphatic rings. The van der Waals surface area contributed by atoms with Crippen LogP contribution < -0.4 is 10.1 Å². The molecule has 1 N–H and O–H groups in total. The predicted octanol–water partition coefficient (Wildman–Crippen LogP) is 2.21. The van der Waals surface area contributed by atoms with Gasteiger partial charge in [-0.05, 0) is 37.8 Å². The quantitative estimate of drug-likeness (QED) is 0.810. The lowest BCUT2D eigenvalue weighted by Gasteiger charge is -2.15. The summed E-state index contributed by atoms with van der Waals surface area (Å²) < 4.78 is 5.88. The Kier molecular flexibility index (Phi) is 4.34. The summed E-state index contributed by atoms with van der Waals surface area (Å²) in [5.41, 5.74) is 0.902. The Balaban J connectivity index is 2.00. The van der Waals surface area contributed by atoms with Crippen molar-refractivity contribution in [3.63, 3.8) is 0 Å². The second-order valence-electron chi connectivity index (χ2n) is 4.41. The summed E-state index contributed by atoms with van der Waals surface area (Å²) >= 11 is 0. The van der Waals surface area contributed by atoms with Crippen molar-refractivity contribution in [2.24, 2.45) is 0 Å². The molecule has 0 aliphatic heterocycles. The van der Waals surface area contributed by atoms with Crippen molar-refractivity contribution in [2.75, 3.05) is 0 Å². The van der Waals surface area contributed by atoms with E-state index in [0.717, 1.165) is 18.4 Å². The number of carbonyl (C=O) groups excluding carboxylic acids is 1. The van der Waals surface area contributed by atoms with E-state index >= 15 is 0 Å². The Bertz CT molecular complexity index is 426. The number of amides is 1. The standard InChI is InChI=1S/C14H18N2O2/c1-2-13(17)16-10-11-6-5-9-15-14(11)18-12-7-3-4-8-12/h2,5-6,9,12H,1,3-4,7-8,10H2,(H,16,17).